The summed E-state index contributed by atoms with van der Waals surface area (Å²) < 4.78 is 0. The number of hydrogen-bond donors (Lipinski definition) is 0. The molecule has 0 amide bonds. The number of fused-ring (bicyclic) bond motifs is 4. The molecule has 0 aliphatic heterocycles. The molecule has 10 rings (SSSR count). The first kappa shape index (κ1) is 28.4. The van der Waals surface area contributed by atoms with Crippen molar-refractivity contribution >= 4 is 21.5 Å². The first-order valence-electron chi connectivity index (χ1n) is 17.1. The Labute approximate surface area is 291 Å². The molecular formula is C48H30N2. The summed E-state index contributed by atoms with van der Waals surface area (Å²) in [6, 6.07) is 65.1. The summed E-state index contributed by atoms with van der Waals surface area (Å²) in [7, 11) is 0. The zero-order chi connectivity index (χ0) is 33.0. The molecule has 0 N–H and O–H groups in total. The van der Waals surface area contributed by atoms with E-state index in [0.717, 1.165) is 33.9 Å². The first-order valence-corrected chi connectivity index (χ1v) is 17.1. The van der Waals surface area contributed by atoms with E-state index in [1.165, 1.54) is 66.1 Å². The van der Waals surface area contributed by atoms with E-state index >= 15 is 0 Å². The number of nitrogens with zero attached hydrogens (tertiary/aromatic N) is 2. The van der Waals surface area contributed by atoms with Gasteiger partial charge in [0.1, 0.15) is 0 Å². The van der Waals surface area contributed by atoms with Crippen LogP contribution in [0.5, 0.6) is 0 Å². The second-order valence-corrected chi connectivity index (χ2v) is 13.0. The van der Waals surface area contributed by atoms with Gasteiger partial charge in [-0.25, -0.2) is 9.97 Å². The molecule has 0 unspecified atom stereocenters. The first-order chi connectivity index (χ1) is 24.8. The number of rotatable bonds is 5. The van der Waals surface area contributed by atoms with Gasteiger partial charge in [-0.05, 0) is 84.3 Å². The molecule has 232 valence electrons. The highest BCUT2D eigenvalue weighted by atomic mass is 14.9. The Morgan fingerprint density at radius 1 is 0.280 bits per heavy atom. The Morgan fingerprint density at radius 3 is 1.46 bits per heavy atom. The van der Waals surface area contributed by atoms with Gasteiger partial charge in [0.05, 0.1) is 11.4 Å². The maximum atomic E-state index is 5.07. The van der Waals surface area contributed by atoms with Crippen molar-refractivity contribution in [3.05, 3.63) is 182 Å². The molecular weight excluding hydrogens is 605 g/mol. The van der Waals surface area contributed by atoms with Crippen LogP contribution in [-0.2, 0) is 0 Å². The van der Waals surface area contributed by atoms with Gasteiger partial charge in [0, 0.05) is 16.7 Å². The minimum atomic E-state index is 0.719. The Kier molecular flexibility index (Phi) is 6.53. The average Bonchev–Trinajstić information content (AvgIpc) is 3.53. The van der Waals surface area contributed by atoms with Gasteiger partial charge >= 0.3 is 0 Å². The molecule has 0 bridgehead atoms. The summed E-state index contributed by atoms with van der Waals surface area (Å²) in [5.41, 5.74) is 15.0. The predicted molar refractivity (Wildman–Crippen MR) is 209 cm³/mol. The standard InChI is InChI=1S/C48H30N2/c1-3-12-32(13-4-1)45-30-46(50-48(49-45)34-14-5-2-6-15-34)33-24-22-31(23-25-33)43-28-35-16-7-8-17-36(35)29-44(43)39-26-27-42-38-19-10-9-18-37(38)40-20-11-21-41(39)47(40)42/h1-30H. The maximum absolute atomic E-state index is 5.07. The molecule has 1 heterocycles. The quantitative estimate of drug-likeness (QED) is 0.188. The van der Waals surface area contributed by atoms with Crippen LogP contribution in [0, 0.1) is 0 Å². The number of benzene rings is 8. The Hall–Kier alpha value is -6.64. The van der Waals surface area contributed by atoms with Crippen molar-refractivity contribution in [3.63, 3.8) is 0 Å². The fourth-order valence-corrected chi connectivity index (χ4v) is 7.63. The van der Waals surface area contributed by atoms with E-state index in [9.17, 15) is 0 Å². The highest BCUT2D eigenvalue weighted by molar-refractivity contribution is 6.19. The Bertz CT molecular complexity index is 2640. The zero-order valence-corrected chi connectivity index (χ0v) is 27.2. The molecule has 0 spiro atoms. The lowest BCUT2D eigenvalue weighted by Gasteiger charge is -2.16. The molecule has 9 aromatic rings. The number of aromatic nitrogens is 2. The van der Waals surface area contributed by atoms with E-state index in [1.54, 1.807) is 0 Å². The van der Waals surface area contributed by atoms with Crippen LogP contribution in [0.3, 0.4) is 0 Å². The SMILES string of the molecule is c1ccc(-c2cc(-c3ccc(-c4cc5ccccc5cc4-c4ccc5c6c(cccc46)-c4ccccc4-5)cc3)nc(-c3ccccc3)n2)cc1. The largest absolute Gasteiger partial charge is 0.228 e. The molecule has 0 fully saturated rings. The van der Waals surface area contributed by atoms with Crippen molar-refractivity contribution in [1.29, 1.82) is 0 Å². The summed E-state index contributed by atoms with van der Waals surface area (Å²) in [6.07, 6.45) is 0. The summed E-state index contributed by atoms with van der Waals surface area (Å²) in [5, 5.41) is 5.09. The molecule has 2 heteroatoms. The smallest absolute Gasteiger partial charge is 0.160 e. The van der Waals surface area contributed by atoms with Gasteiger partial charge in [-0.15, -0.1) is 0 Å². The molecule has 0 saturated carbocycles. The van der Waals surface area contributed by atoms with Crippen LogP contribution in [0.4, 0.5) is 0 Å². The van der Waals surface area contributed by atoms with Gasteiger partial charge in [-0.2, -0.15) is 0 Å². The van der Waals surface area contributed by atoms with E-state index in [4.69, 9.17) is 9.97 Å². The monoisotopic (exact) mass is 634 g/mol. The van der Waals surface area contributed by atoms with Crippen molar-refractivity contribution in [3.8, 4) is 78.4 Å². The molecule has 1 aliphatic rings. The van der Waals surface area contributed by atoms with E-state index < -0.39 is 0 Å². The lowest BCUT2D eigenvalue weighted by atomic mass is 9.87. The molecule has 0 atom stereocenters. The third-order valence-electron chi connectivity index (χ3n) is 10.0. The van der Waals surface area contributed by atoms with E-state index in [1.807, 2.05) is 24.3 Å². The van der Waals surface area contributed by atoms with E-state index in [-0.39, 0.29) is 0 Å². The molecule has 0 saturated heterocycles. The van der Waals surface area contributed by atoms with Crippen LogP contribution in [0.15, 0.2) is 182 Å². The maximum Gasteiger partial charge on any atom is 0.160 e. The second-order valence-electron chi connectivity index (χ2n) is 13.0. The summed E-state index contributed by atoms with van der Waals surface area (Å²) >= 11 is 0. The fraction of sp³-hybridized carbons (Fsp3) is 0. The average molecular weight is 635 g/mol. The third-order valence-corrected chi connectivity index (χ3v) is 10.0. The van der Waals surface area contributed by atoms with Gasteiger partial charge < -0.3 is 0 Å². The molecule has 0 radical (unpaired) electrons. The molecule has 50 heavy (non-hydrogen) atoms. The molecule has 2 nitrogen and oxygen atoms in total. The van der Waals surface area contributed by atoms with Crippen molar-refractivity contribution in [2.75, 3.05) is 0 Å². The molecule has 1 aliphatic carbocycles. The minimum absolute atomic E-state index is 0.719. The van der Waals surface area contributed by atoms with Crippen molar-refractivity contribution < 1.29 is 0 Å². The highest BCUT2D eigenvalue weighted by Crippen LogP contribution is 2.50. The van der Waals surface area contributed by atoms with E-state index in [0.29, 0.717) is 0 Å². The van der Waals surface area contributed by atoms with Crippen LogP contribution >= 0.6 is 0 Å². The van der Waals surface area contributed by atoms with Gasteiger partial charge in [-0.3, -0.25) is 0 Å². The predicted octanol–water partition coefficient (Wildman–Crippen LogP) is 12.8. The molecule has 8 aromatic carbocycles. The summed E-state index contributed by atoms with van der Waals surface area (Å²) in [6.45, 7) is 0. The molecule has 1 aromatic heterocycles. The van der Waals surface area contributed by atoms with Gasteiger partial charge in [0.25, 0.3) is 0 Å². The van der Waals surface area contributed by atoms with Gasteiger partial charge in [0.2, 0.25) is 0 Å². The van der Waals surface area contributed by atoms with Crippen LogP contribution < -0.4 is 0 Å². The second kappa shape index (κ2) is 11.5. The third kappa shape index (κ3) is 4.65. The van der Waals surface area contributed by atoms with Crippen LogP contribution in [-0.4, -0.2) is 9.97 Å². The van der Waals surface area contributed by atoms with Crippen molar-refractivity contribution in [1.82, 2.24) is 9.97 Å². The van der Waals surface area contributed by atoms with E-state index in [2.05, 4.69) is 158 Å². The highest BCUT2D eigenvalue weighted by Gasteiger charge is 2.23. The van der Waals surface area contributed by atoms with Gasteiger partial charge in [0.15, 0.2) is 5.82 Å². The van der Waals surface area contributed by atoms with Crippen LogP contribution in [0.2, 0.25) is 0 Å². The summed E-state index contributed by atoms with van der Waals surface area (Å²) in [4.78, 5) is 10.1. The zero-order valence-electron chi connectivity index (χ0n) is 27.2. The van der Waals surface area contributed by atoms with Gasteiger partial charge in [-0.1, -0.05) is 164 Å². The van der Waals surface area contributed by atoms with Crippen molar-refractivity contribution in [2.45, 2.75) is 0 Å². The van der Waals surface area contributed by atoms with Crippen LogP contribution in [0.25, 0.3) is 100.0 Å². The Balaban J connectivity index is 1.13. The lowest BCUT2D eigenvalue weighted by Crippen LogP contribution is -1.96. The normalized spacial score (nSPS) is 11.6. The minimum Gasteiger partial charge on any atom is -0.228 e. The topological polar surface area (TPSA) is 25.8 Å². The summed E-state index contributed by atoms with van der Waals surface area (Å²) in [5.74, 6) is 0.719. The number of hydrogen-bond acceptors (Lipinski definition) is 2. The lowest BCUT2D eigenvalue weighted by molar-refractivity contribution is 1.18. The van der Waals surface area contributed by atoms with Crippen LogP contribution in [0.1, 0.15) is 0 Å². The van der Waals surface area contributed by atoms with Crippen molar-refractivity contribution in [2.24, 2.45) is 0 Å². The Morgan fingerprint density at radius 2 is 0.780 bits per heavy atom. The fourth-order valence-electron chi connectivity index (χ4n) is 7.63.